The third-order valence-corrected chi connectivity index (χ3v) is 7.23. The molecular weight excluding hydrogens is 291 g/mol. The maximum Gasteiger partial charge on any atom is 0.291 e. The molecule has 2 aliphatic carbocycles. The molecule has 0 N–H and O–H groups in total. The van der Waals surface area contributed by atoms with Crippen LogP contribution in [0.15, 0.2) is 0 Å². The number of halogens is 6. The summed E-state index contributed by atoms with van der Waals surface area (Å²) < 4.78 is 61.4. The number of hydrogen-bond donors (Lipinski definition) is 0. The fraction of sp³-hybridized carbons (Fsp3) is 1.00. The molecule has 2 fully saturated rings. The molecule has 0 heterocycles. The number of alkyl halides is 1. The third-order valence-electron chi connectivity index (χ3n) is 3.49. The van der Waals surface area contributed by atoms with Crippen LogP contribution in [0.25, 0.3) is 0 Å². The van der Waals surface area contributed by atoms with Crippen molar-refractivity contribution in [2.24, 2.45) is 5.92 Å². The predicted octanol–water partition coefficient (Wildman–Crippen LogP) is 4.99. The van der Waals surface area contributed by atoms with Crippen molar-refractivity contribution in [2.45, 2.75) is 35.3 Å². The summed E-state index contributed by atoms with van der Waals surface area (Å²) >= 11 is 2.79. The van der Waals surface area contributed by atoms with Gasteiger partial charge in [-0.3, -0.25) is 0 Å². The molecule has 7 heteroatoms. The van der Waals surface area contributed by atoms with E-state index >= 15 is 0 Å². The Morgan fingerprint density at radius 3 is 1.93 bits per heavy atom. The first kappa shape index (κ1) is 11.0. The van der Waals surface area contributed by atoms with Crippen LogP contribution in [-0.4, -0.2) is 9.57 Å². The topological polar surface area (TPSA) is 0 Å². The number of fused-ring (bicyclic) bond motifs is 2. The summed E-state index contributed by atoms with van der Waals surface area (Å²) in [5.74, 6) is -0.178. The molecule has 3 atom stereocenters. The number of hydrogen-bond acceptors (Lipinski definition) is 0. The van der Waals surface area contributed by atoms with Crippen molar-refractivity contribution in [3.8, 4) is 0 Å². The quantitative estimate of drug-likeness (QED) is 0.473. The Kier molecular flexibility index (Phi) is 1.66. The van der Waals surface area contributed by atoms with Gasteiger partial charge in [0.25, 0.3) is 10.2 Å². The average Bonchev–Trinajstić information content (AvgIpc) is 2.37. The molecular formula is C7H10BrF5S. The largest absolute Gasteiger partial charge is 0.291 e. The van der Waals surface area contributed by atoms with Gasteiger partial charge >= 0.3 is 0 Å². The van der Waals surface area contributed by atoms with Crippen LogP contribution >= 0.6 is 26.2 Å². The average molecular weight is 301 g/mol. The van der Waals surface area contributed by atoms with E-state index in [0.717, 1.165) is 0 Å². The van der Waals surface area contributed by atoms with E-state index in [2.05, 4.69) is 15.9 Å². The van der Waals surface area contributed by atoms with Crippen LogP contribution in [0, 0.1) is 5.92 Å². The molecule has 0 spiro atoms. The second kappa shape index (κ2) is 2.12. The van der Waals surface area contributed by atoms with E-state index in [-0.39, 0.29) is 25.2 Å². The van der Waals surface area contributed by atoms with Gasteiger partial charge in [-0.1, -0.05) is 35.4 Å². The zero-order valence-electron chi connectivity index (χ0n) is 7.16. The zero-order valence-corrected chi connectivity index (χ0v) is 9.56. The van der Waals surface area contributed by atoms with E-state index in [0.29, 0.717) is 0 Å². The first-order chi connectivity index (χ1) is 5.95. The van der Waals surface area contributed by atoms with Crippen LogP contribution in [0.5, 0.6) is 0 Å². The van der Waals surface area contributed by atoms with E-state index in [1.807, 2.05) is 0 Å². The summed E-state index contributed by atoms with van der Waals surface area (Å²) in [7, 11) is -9.35. The summed E-state index contributed by atoms with van der Waals surface area (Å²) in [6.45, 7) is 0. The lowest BCUT2D eigenvalue weighted by atomic mass is 10.0. The van der Waals surface area contributed by atoms with Gasteiger partial charge in [-0.15, -0.1) is 0 Å². The maximum absolute atomic E-state index is 12.8. The Balaban J connectivity index is 2.53. The molecule has 0 aliphatic heterocycles. The lowest BCUT2D eigenvalue weighted by molar-refractivity contribution is 0.298. The molecule has 2 rings (SSSR count). The van der Waals surface area contributed by atoms with Gasteiger partial charge in [0.2, 0.25) is 0 Å². The van der Waals surface area contributed by atoms with E-state index in [1.54, 1.807) is 0 Å². The lowest BCUT2D eigenvalue weighted by Crippen LogP contribution is -2.44. The third kappa shape index (κ3) is 1.24. The predicted molar refractivity (Wildman–Crippen MR) is 50.5 cm³/mol. The summed E-state index contributed by atoms with van der Waals surface area (Å²) in [4.78, 5) is -1.09. The van der Waals surface area contributed by atoms with E-state index in [4.69, 9.17) is 0 Å². The van der Waals surface area contributed by atoms with Gasteiger partial charge in [-0.25, -0.2) is 0 Å². The van der Waals surface area contributed by atoms with Crippen LogP contribution in [0.2, 0.25) is 0 Å². The van der Waals surface area contributed by atoms with E-state index in [9.17, 15) is 19.4 Å². The summed E-state index contributed by atoms with van der Waals surface area (Å²) in [5, 5.41) is 0. The molecule has 86 valence electrons. The van der Waals surface area contributed by atoms with Crippen LogP contribution in [0.1, 0.15) is 25.7 Å². The smallest absolute Gasteiger partial charge is 0.0972 e. The van der Waals surface area contributed by atoms with Crippen molar-refractivity contribution in [1.29, 1.82) is 0 Å². The molecule has 3 unspecified atom stereocenters. The molecule has 0 nitrogen and oxygen atoms in total. The van der Waals surface area contributed by atoms with Crippen LogP contribution < -0.4 is 0 Å². The van der Waals surface area contributed by atoms with Crippen molar-refractivity contribution < 1.29 is 19.4 Å². The Morgan fingerprint density at radius 2 is 1.71 bits per heavy atom. The molecule has 0 saturated heterocycles. The Labute approximate surface area is 87.1 Å². The maximum atomic E-state index is 12.8. The Hall–Kier alpha value is 0.480. The minimum absolute atomic E-state index is 0.178. The molecule has 2 bridgehead atoms. The fourth-order valence-electron chi connectivity index (χ4n) is 2.73. The van der Waals surface area contributed by atoms with Gasteiger partial charge in [0, 0.05) is 4.83 Å². The van der Waals surface area contributed by atoms with Gasteiger partial charge < -0.3 is 0 Å². The van der Waals surface area contributed by atoms with Crippen molar-refractivity contribution in [1.82, 2.24) is 0 Å². The molecule has 0 aromatic heterocycles. The Bertz CT molecular complexity index is 284. The highest BCUT2D eigenvalue weighted by Gasteiger charge is 2.83. The van der Waals surface area contributed by atoms with Gasteiger partial charge in [0.05, 0.1) is 0 Å². The first-order valence-electron chi connectivity index (χ1n) is 4.32. The van der Waals surface area contributed by atoms with Gasteiger partial charge in [0.15, 0.2) is 0 Å². The molecule has 2 saturated carbocycles. The molecule has 2 aliphatic rings. The highest BCUT2D eigenvalue weighted by molar-refractivity contribution is 9.09. The summed E-state index contributed by atoms with van der Waals surface area (Å²) in [5.41, 5.74) is 0. The van der Waals surface area contributed by atoms with E-state index in [1.165, 1.54) is 0 Å². The molecule has 0 radical (unpaired) electrons. The fourth-order valence-corrected chi connectivity index (χ4v) is 6.36. The minimum Gasteiger partial charge on any atom is -0.0972 e. The number of rotatable bonds is 1. The molecule has 0 aromatic carbocycles. The van der Waals surface area contributed by atoms with Crippen molar-refractivity contribution in [3.63, 3.8) is 0 Å². The monoisotopic (exact) mass is 300 g/mol. The zero-order chi connectivity index (χ0) is 10.9. The van der Waals surface area contributed by atoms with Crippen molar-refractivity contribution >= 4 is 26.2 Å². The van der Waals surface area contributed by atoms with Gasteiger partial charge in [0.1, 0.15) is 4.75 Å². The standard InChI is InChI=1S/C7H10BrF5S/c8-6-3-5-1-2-7(6,4-5)14(9,10,11,12)13/h5-6H,1-4H2. The summed E-state index contributed by atoms with van der Waals surface area (Å²) in [6.07, 6.45) is -0.286. The van der Waals surface area contributed by atoms with Crippen LogP contribution in [0.3, 0.4) is 0 Å². The second-order valence-electron chi connectivity index (χ2n) is 4.35. The highest BCUT2D eigenvalue weighted by atomic mass is 79.9. The van der Waals surface area contributed by atoms with Crippen LogP contribution in [-0.2, 0) is 0 Å². The minimum atomic E-state index is -9.35. The highest BCUT2D eigenvalue weighted by Crippen LogP contribution is 3.07. The van der Waals surface area contributed by atoms with Crippen molar-refractivity contribution in [2.75, 3.05) is 0 Å². The Morgan fingerprint density at radius 1 is 1.14 bits per heavy atom. The first-order valence-corrected chi connectivity index (χ1v) is 7.19. The molecule has 0 amide bonds. The second-order valence-corrected chi connectivity index (χ2v) is 8.20. The van der Waals surface area contributed by atoms with Crippen molar-refractivity contribution in [3.05, 3.63) is 0 Å². The van der Waals surface area contributed by atoms with E-state index < -0.39 is 26.2 Å². The molecule has 14 heavy (non-hydrogen) atoms. The lowest BCUT2D eigenvalue weighted by Gasteiger charge is -2.55. The molecule has 0 aromatic rings. The van der Waals surface area contributed by atoms with Gasteiger partial charge in [-0.2, -0.15) is 0 Å². The normalized spacial score (nSPS) is 47.6. The van der Waals surface area contributed by atoms with Crippen LogP contribution in [0.4, 0.5) is 19.4 Å². The summed E-state index contributed by atoms with van der Waals surface area (Å²) in [6, 6.07) is 0. The van der Waals surface area contributed by atoms with Gasteiger partial charge in [-0.05, 0) is 31.6 Å². The SMILES string of the molecule is FS(F)(F)(F)(F)C12CCC(CC1Br)C2.